The molecule has 0 saturated heterocycles. The van der Waals surface area contributed by atoms with Crippen molar-refractivity contribution in [2.24, 2.45) is 5.10 Å². The van der Waals surface area contributed by atoms with Crippen molar-refractivity contribution in [3.8, 4) is 5.75 Å². The predicted octanol–water partition coefficient (Wildman–Crippen LogP) is 2.43. The highest BCUT2D eigenvalue weighted by molar-refractivity contribution is 6.03. The van der Waals surface area contributed by atoms with Crippen molar-refractivity contribution in [3.05, 3.63) is 77.4 Å². The lowest BCUT2D eigenvalue weighted by molar-refractivity contribution is 0.0706. The maximum Gasteiger partial charge on any atom is 0.274 e. The van der Waals surface area contributed by atoms with Gasteiger partial charge in [0.25, 0.3) is 11.8 Å². The number of carbonyl (C=O) groups excluding carboxylic acids is 2. The number of hydrogen-bond acceptors (Lipinski definition) is 5. The van der Waals surface area contributed by atoms with Crippen molar-refractivity contribution in [1.29, 1.82) is 0 Å². The first-order valence-electron chi connectivity index (χ1n) is 7.69. The van der Waals surface area contributed by atoms with Crippen LogP contribution in [0.15, 0.2) is 65.8 Å². The van der Waals surface area contributed by atoms with Crippen LogP contribution in [0.4, 0.5) is 0 Å². The van der Waals surface area contributed by atoms with Gasteiger partial charge < -0.3 is 5.11 Å². The Morgan fingerprint density at radius 3 is 2.31 bits per heavy atom. The number of phenols is 1. The van der Waals surface area contributed by atoms with Crippen LogP contribution in [0.3, 0.4) is 0 Å². The molecule has 0 aromatic heterocycles. The molecule has 0 aliphatic heterocycles. The van der Waals surface area contributed by atoms with Gasteiger partial charge in [-0.25, -0.2) is 10.9 Å². The van der Waals surface area contributed by atoms with Gasteiger partial charge in [0.2, 0.25) is 0 Å². The molecule has 3 rings (SSSR count). The molecule has 0 fully saturated rings. The van der Waals surface area contributed by atoms with Crippen LogP contribution in [-0.4, -0.2) is 28.3 Å². The van der Waals surface area contributed by atoms with Crippen LogP contribution >= 0.6 is 0 Å². The molecular formula is C19H15N3O4. The molecule has 0 saturated carbocycles. The fraction of sp³-hybridized carbons (Fsp3) is 0. The Kier molecular flexibility index (Phi) is 4.91. The second-order valence-electron chi connectivity index (χ2n) is 5.44. The summed E-state index contributed by atoms with van der Waals surface area (Å²) in [5.41, 5.74) is 4.99. The van der Waals surface area contributed by atoms with Gasteiger partial charge in [-0.3, -0.25) is 14.8 Å². The minimum Gasteiger partial charge on any atom is -0.507 e. The zero-order valence-corrected chi connectivity index (χ0v) is 13.5. The van der Waals surface area contributed by atoms with Crippen molar-refractivity contribution in [2.45, 2.75) is 0 Å². The molecule has 0 aliphatic rings. The number of nitrogens with one attached hydrogen (secondary N) is 2. The maximum atomic E-state index is 12.2. The SMILES string of the molecule is O=C(NO)c1cccc(C(=O)N/N=C/c2ccc(O)c3ccccc23)c1. The second kappa shape index (κ2) is 7.45. The number of aromatic hydroxyl groups is 1. The second-order valence-corrected chi connectivity index (χ2v) is 5.44. The van der Waals surface area contributed by atoms with E-state index >= 15 is 0 Å². The normalized spacial score (nSPS) is 10.8. The Labute approximate surface area is 148 Å². The van der Waals surface area contributed by atoms with E-state index in [4.69, 9.17) is 5.21 Å². The number of hydrogen-bond donors (Lipinski definition) is 4. The highest BCUT2D eigenvalue weighted by Gasteiger charge is 2.09. The van der Waals surface area contributed by atoms with E-state index in [1.54, 1.807) is 18.2 Å². The van der Waals surface area contributed by atoms with Gasteiger partial charge in [-0.2, -0.15) is 5.10 Å². The van der Waals surface area contributed by atoms with Crippen LogP contribution in [0.2, 0.25) is 0 Å². The van der Waals surface area contributed by atoms with Crippen molar-refractivity contribution in [2.75, 3.05) is 0 Å². The number of hydroxylamine groups is 1. The summed E-state index contributed by atoms with van der Waals surface area (Å²) >= 11 is 0. The molecule has 4 N–H and O–H groups in total. The summed E-state index contributed by atoms with van der Waals surface area (Å²) in [4.78, 5) is 23.6. The molecule has 0 aliphatic carbocycles. The summed E-state index contributed by atoms with van der Waals surface area (Å²) < 4.78 is 0. The highest BCUT2D eigenvalue weighted by Crippen LogP contribution is 2.26. The van der Waals surface area contributed by atoms with E-state index in [0.717, 1.165) is 10.9 Å². The van der Waals surface area contributed by atoms with Gasteiger partial charge in [-0.15, -0.1) is 0 Å². The van der Waals surface area contributed by atoms with Crippen LogP contribution in [-0.2, 0) is 0 Å². The number of nitrogens with zero attached hydrogens (tertiary/aromatic N) is 1. The molecule has 130 valence electrons. The van der Waals surface area contributed by atoms with Crippen molar-refractivity contribution >= 4 is 28.8 Å². The van der Waals surface area contributed by atoms with Gasteiger partial charge in [0.1, 0.15) is 5.75 Å². The maximum absolute atomic E-state index is 12.2. The van der Waals surface area contributed by atoms with Crippen LogP contribution in [0, 0.1) is 0 Å². The van der Waals surface area contributed by atoms with Crippen LogP contribution in [0.25, 0.3) is 10.8 Å². The van der Waals surface area contributed by atoms with E-state index in [2.05, 4.69) is 10.5 Å². The minimum absolute atomic E-state index is 0.147. The van der Waals surface area contributed by atoms with Gasteiger partial charge in [-0.05, 0) is 35.7 Å². The summed E-state index contributed by atoms with van der Waals surface area (Å²) in [7, 11) is 0. The third-order valence-corrected chi connectivity index (χ3v) is 3.79. The standard InChI is InChI=1S/C19H15N3O4/c23-17-9-8-14(15-6-1-2-7-16(15)17)11-20-21-18(24)12-4-3-5-13(10-12)19(25)22-26/h1-11,23,26H,(H,21,24)(H,22,25)/b20-11+. The van der Waals surface area contributed by atoms with Gasteiger partial charge in [0, 0.05) is 22.1 Å². The van der Waals surface area contributed by atoms with Crippen molar-refractivity contribution in [1.82, 2.24) is 10.9 Å². The smallest absolute Gasteiger partial charge is 0.274 e. The topological polar surface area (TPSA) is 111 Å². The third kappa shape index (κ3) is 3.52. The summed E-state index contributed by atoms with van der Waals surface area (Å²) in [6.07, 6.45) is 1.48. The number of carbonyl (C=O) groups is 2. The molecule has 7 nitrogen and oxygen atoms in total. The van der Waals surface area contributed by atoms with Crippen molar-refractivity contribution < 1.29 is 19.9 Å². The Morgan fingerprint density at radius 1 is 0.885 bits per heavy atom. The van der Waals surface area contributed by atoms with E-state index in [-0.39, 0.29) is 16.9 Å². The fourth-order valence-electron chi connectivity index (χ4n) is 2.51. The summed E-state index contributed by atoms with van der Waals surface area (Å²) in [5, 5.41) is 24.0. The molecule has 0 atom stereocenters. The first-order valence-corrected chi connectivity index (χ1v) is 7.69. The van der Waals surface area contributed by atoms with Crippen LogP contribution in [0.5, 0.6) is 5.75 Å². The van der Waals surface area contributed by atoms with Gasteiger partial charge in [0.15, 0.2) is 0 Å². The van der Waals surface area contributed by atoms with Crippen LogP contribution < -0.4 is 10.9 Å². The summed E-state index contributed by atoms with van der Waals surface area (Å²) in [6.45, 7) is 0. The number of fused-ring (bicyclic) bond motifs is 1. The molecule has 0 radical (unpaired) electrons. The lowest BCUT2D eigenvalue weighted by Crippen LogP contribution is -2.21. The monoisotopic (exact) mass is 349 g/mol. The lowest BCUT2D eigenvalue weighted by atomic mass is 10.0. The van der Waals surface area contributed by atoms with E-state index < -0.39 is 11.8 Å². The van der Waals surface area contributed by atoms with Gasteiger partial charge in [-0.1, -0.05) is 30.3 Å². The zero-order valence-electron chi connectivity index (χ0n) is 13.5. The fourth-order valence-corrected chi connectivity index (χ4v) is 2.51. The molecule has 0 heterocycles. The molecule has 3 aromatic rings. The average Bonchev–Trinajstić information content (AvgIpc) is 2.69. The molecule has 3 aromatic carbocycles. The quantitative estimate of drug-likeness (QED) is 0.329. The molecule has 26 heavy (non-hydrogen) atoms. The average molecular weight is 349 g/mol. The Bertz CT molecular complexity index is 1010. The van der Waals surface area contributed by atoms with Crippen LogP contribution in [0.1, 0.15) is 26.3 Å². The first kappa shape index (κ1) is 17.1. The van der Waals surface area contributed by atoms with Crippen molar-refractivity contribution in [3.63, 3.8) is 0 Å². The van der Waals surface area contributed by atoms with E-state index in [9.17, 15) is 14.7 Å². The molecule has 2 amide bonds. The molecule has 0 unspecified atom stereocenters. The molecule has 0 bridgehead atoms. The lowest BCUT2D eigenvalue weighted by Gasteiger charge is -2.05. The largest absolute Gasteiger partial charge is 0.507 e. The highest BCUT2D eigenvalue weighted by atomic mass is 16.5. The van der Waals surface area contributed by atoms with E-state index in [0.29, 0.717) is 5.39 Å². The van der Waals surface area contributed by atoms with E-state index in [1.165, 1.54) is 36.0 Å². The number of benzene rings is 3. The number of phenolic OH excluding ortho intramolecular Hbond substituents is 1. The third-order valence-electron chi connectivity index (χ3n) is 3.79. The Hall–Kier alpha value is -3.71. The molecular weight excluding hydrogens is 334 g/mol. The number of rotatable bonds is 4. The Morgan fingerprint density at radius 2 is 1.58 bits per heavy atom. The summed E-state index contributed by atoms with van der Waals surface area (Å²) in [5.74, 6) is -1.05. The first-order chi connectivity index (χ1) is 12.6. The molecule has 0 spiro atoms. The van der Waals surface area contributed by atoms with Gasteiger partial charge >= 0.3 is 0 Å². The summed E-state index contributed by atoms with van der Waals surface area (Å²) in [6, 6.07) is 16.4. The minimum atomic E-state index is -0.710. The van der Waals surface area contributed by atoms with Gasteiger partial charge in [0.05, 0.1) is 6.21 Å². The molecule has 7 heteroatoms. The van der Waals surface area contributed by atoms with E-state index in [1.807, 2.05) is 18.2 Å². The predicted molar refractivity (Wildman–Crippen MR) is 96.4 cm³/mol. The number of hydrazone groups is 1. The number of amides is 2. The zero-order chi connectivity index (χ0) is 18.5. The Balaban J connectivity index is 1.78.